The van der Waals surface area contributed by atoms with E-state index in [-0.39, 0.29) is 11.5 Å². The number of benzene rings is 2. The molecule has 0 saturated heterocycles. The summed E-state index contributed by atoms with van der Waals surface area (Å²) in [5.41, 5.74) is 2.81. The van der Waals surface area contributed by atoms with Gasteiger partial charge in [0.2, 0.25) is 0 Å². The van der Waals surface area contributed by atoms with Crippen LogP contribution in [0.15, 0.2) is 48.5 Å². The maximum absolute atomic E-state index is 7.01. The molecule has 2 aliphatic carbocycles. The first-order chi connectivity index (χ1) is 24.0. The van der Waals surface area contributed by atoms with Crippen molar-refractivity contribution in [1.29, 1.82) is 0 Å². The molecule has 266 valence electrons. The minimum absolute atomic E-state index is 0.281. The molecular formula is C36H50N2O2S7Si2. The smallest absolute Gasteiger partial charge is 0.100 e. The van der Waals surface area contributed by atoms with E-state index in [9.17, 15) is 0 Å². The Morgan fingerprint density at radius 1 is 0.612 bits per heavy atom. The van der Waals surface area contributed by atoms with Gasteiger partial charge in [-0.2, -0.15) is 0 Å². The van der Waals surface area contributed by atoms with Crippen molar-refractivity contribution in [1.82, 2.24) is 9.97 Å². The fraction of sp³-hybridized carbons (Fsp3) is 0.611. The van der Waals surface area contributed by atoms with E-state index in [0.29, 0.717) is 24.0 Å². The molecule has 4 nitrogen and oxygen atoms in total. The van der Waals surface area contributed by atoms with E-state index in [1.54, 1.807) is 0 Å². The van der Waals surface area contributed by atoms with Gasteiger partial charge < -0.3 is 9.47 Å². The minimum atomic E-state index is -0.685. The van der Waals surface area contributed by atoms with Gasteiger partial charge >= 0.3 is 0 Å². The summed E-state index contributed by atoms with van der Waals surface area (Å²) in [5, 5.41) is 2.51. The molecule has 0 amide bonds. The molecule has 49 heavy (non-hydrogen) atoms. The quantitative estimate of drug-likeness (QED) is 0.0554. The molecule has 0 spiro atoms. The highest BCUT2D eigenvalue weighted by atomic mass is 33.8. The molecule has 2 aromatic carbocycles. The van der Waals surface area contributed by atoms with Crippen molar-refractivity contribution in [2.45, 2.75) is 126 Å². The Balaban J connectivity index is 1.07. The van der Waals surface area contributed by atoms with Crippen molar-refractivity contribution in [2.75, 3.05) is 11.5 Å². The molecule has 2 aliphatic rings. The van der Waals surface area contributed by atoms with Crippen LogP contribution in [0.5, 0.6) is 0 Å². The van der Waals surface area contributed by atoms with E-state index in [0.717, 1.165) is 22.5 Å². The first kappa shape index (κ1) is 39.0. The lowest BCUT2D eigenvalue weighted by Crippen LogP contribution is -2.39. The van der Waals surface area contributed by atoms with Gasteiger partial charge in [-0.3, -0.25) is 0 Å². The number of rotatable bonds is 18. The Morgan fingerprint density at radius 3 is 1.41 bits per heavy atom. The average Bonchev–Trinajstić information content (AvgIpc) is 3.75. The Hall–Kier alpha value is 0.324. The fourth-order valence-electron chi connectivity index (χ4n) is 7.01. The Kier molecular flexibility index (Phi) is 16.0. The van der Waals surface area contributed by atoms with Gasteiger partial charge in [0, 0.05) is 23.3 Å². The molecule has 0 N–H and O–H groups in total. The Bertz CT molecular complexity index is 1380. The van der Waals surface area contributed by atoms with Gasteiger partial charge in [-0.05, 0) is 79.4 Å². The molecular weight excluding hydrogens is 773 g/mol. The zero-order valence-electron chi connectivity index (χ0n) is 29.1. The van der Waals surface area contributed by atoms with Gasteiger partial charge in [-0.25, -0.2) is 9.97 Å². The molecule has 2 heterocycles. The molecule has 4 atom stereocenters. The molecule has 4 aromatic rings. The van der Waals surface area contributed by atoms with Crippen LogP contribution in [0.25, 0.3) is 20.4 Å². The summed E-state index contributed by atoms with van der Waals surface area (Å²) in [6.07, 6.45) is 13.6. The highest BCUT2D eigenvalue weighted by molar-refractivity contribution is 9.35. The standard InChI is InChI=1S/C36H50N2O2S7Si2/c1-48(2)35(39-25-15-7-5-8-16-25)27(33-37-29-19-11-13-21-31(29)43-33)23-41-45-47-46-42-24-28(34-38-30-20-12-14-22-32(30)44-34)36(49(3)4)40-26-17-9-6-10-18-26/h11-14,19-22,25-28,35-36H,5-10,15-18,23-24H2,1-4H3. The van der Waals surface area contributed by atoms with E-state index in [2.05, 4.69) is 74.7 Å². The molecule has 0 bridgehead atoms. The largest absolute Gasteiger partial charge is 0.378 e. The highest BCUT2D eigenvalue weighted by Crippen LogP contribution is 2.51. The number of hydrogen-bond acceptors (Lipinski definition) is 11. The Labute approximate surface area is 324 Å². The van der Waals surface area contributed by atoms with Crippen LogP contribution < -0.4 is 0 Å². The summed E-state index contributed by atoms with van der Waals surface area (Å²) in [6.45, 7) is 9.74. The second-order valence-electron chi connectivity index (χ2n) is 13.8. The highest BCUT2D eigenvalue weighted by Gasteiger charge is 2.35. The van der Waals surface area contributed by atoms with Crippen molar-refractivity contribution < 1.29 is 9.47 Å². The van der Waals surface area contributed by atoms with Gasteiger partial charge in [-0.15, -0.1) is 22.7 Å². The monoisotopic (exact) mass is 822 g/mol. The minimum Gasteiger partial charge on any atom is -0.378 e. The van der Waals surface area contributed by atoms with Gasteiger partial charge in [0.15, 0.2) is 0 Å². The van der Waals surface area contributed by atoms with Crippen molar-refractivity contribution >= 4 is 112 Å². The van der Waals surface area contributed by atoms with E-state index in [4.69, 9.17) is 19.4 Å². The maximum Gasteiger partial charge on any atom is 0.100 e. The van der Waals surface area contributed by atoms with E-state index >= 15 is 0 Å². The zero-order valence-corrected chi connectivity index (χ0v) is 36.9. The molecule has 2 radical (unpaired) electrons. The van der Waals surface area contributed by atoms with Crippen LogP contribution >= 0.6 is 73.7 Å². The number of thiazole rings is 2. The lowest BCUT2D eigenvalue weighted by Gasteiger charge is -2.33. The molecule has 2 saturated carbocycles. The number of nitrogens with zero attached hydrogens (tertiary/aromatic N) is 2. The van der Waals surface area contributed by atoms with Crippen LogP contribution in [0.2, 0.25) is 26.2 Å². The zero-order chi connectivity index (χ0) is 34.0. The lowest BCUT2D eigenvalue weighted by atomic mass is 9.98. The van der Waals surface area contributed by atoms with Gasteiger partial charge in [0.1, 0.15) is 10.0 Å². The predicted octanol–water partition coefficient (Wildman–Crippen LogP) is 13.1. The second-order valence-corrected chi connectivity index (χ2v) is 29.2. The van der Waals surface area contributed by atoms with Crippen LogP contribution in [0.1, 0.15) is 86.1 Å². The van der Waals surface area contributed by atoms with Crippen LogP contribution in [-0.4, -0.2) is 62.7 Å². The molecule has 2 fully saturated rings. The number of aromatic nitrogens is 2. The first-order valence-electron chi connectivity index (χ1n) is 17.8. The first-order valence-corrected chi connectivity index (χ1v) is 31.1. The summed E-state index contributed by atoms with van der Waals surface area (Å²) in [6, 6.07) is 17.2. The molecule has 2 aromatic heterocycles. The maximum atomic E-state index is 7.01. The number of ether oxygens (including phenoxy) is 2. The molecule has 4 unspecified atom stereocenters. The molecule has 6 rings (SSSR count). The van der Waals surface area contributed by atoms with E-state index in [1.165, 1.54) is 83.6 Å². The van der Waals surface area contributed by atoms with E-state index < -0.39 is 17.6 Å². The molecule has 13 heteroatoms. The van der Waals surface area contributed by atoms with Crippen LogP contribution in [0.4, 0.5) is 0 Å². The predicted molar refractivity (Wildman–Crippen MR) is 231 cm³/mol. The molecule has 0 aliphatic heterocycles. The van der Waals surface area contributed by atoms with Crippen LogP contribution in [0, 0.1) is 0 Å². The SMILES string of the molecule is C[Si](C)C(OC1CCCCC1)C(CSSSSSCC(c1nc2ccccc2s1)C(OC1CCCCC1)[Si](C)C)c1nc2ccccc2s1. The van der Waals surface area contributed by atoms with Gasteiger partial charge in [-0.1, -0.05) is 111 Å². The number of para-hydroxylation sites is 2. The van der Waals surface area contributed by atoms with Crippen LogP contribution in [-0.2, 0) is 9.47 Å². The third kappa shape index (κ3) is 11.2. The normalized spacial score (nSPS) is 19.2. The summed E-state index contributed by atoms with van der Waals surface area (Å²) in [4.78, 5) is 10.4. The van der Waals surface area contributed by atoms with Crippen molar-refractivity contribution in [3.05, 3.63) is 58.5 Å². The van der Waals surface area contributed by atoms with Crippen molar-refractivity contribution in [3.8, 4) is 0 Å². The summed E-state index contributed by atoms with van der Waals surface area (Å²) in [7, 11) is 8.36. The summed E-state index contributed by atoms with van der Waals surface area (Å²) < 4.78 is 16.6. The topological polar surface area (TPSA) is 44.2 Å². The Morgan fingerprint density at radius 2 is 1.02 bits per heavy atom. The summed E-state index contributed by atoms with van der Waals surface area (Å²) in [5.74, 6) is 2.71. The number of hydrogen-bond donors (Lipinski definition) is 0. The third-order valence-electron chi connectivity index (χ3n) is 9.55. The van der Waals surface area contributed by atoms with Gasteiger partial charge in [0.05, 0.1) is 61.7 Å². The third-order valence-corrected chi connectivity index (χ3v) is 24.0. The van der Waals surface area contributed by atoms with Crippen molar-refractivity contribution in [2.24, 2.45) is 0 Å². The number of fused-ring (bicyclic) bond motifs is 2. The fourth-order valence-corrected chi connectivity index (χ4v) is 22.2. The van der Waals surface area contributed by atoms with Gasteiger partial charge in [0.25, 0.3) is 0 Å². The summed E-state index contributed by atoms with van der Waals surface area (Å²) >= 11 is 3.75. The average molecular weight is 823 g/mol. The van der Waals surface area contributed by atoms with E-state index in [1.807, 2.05) is 73.7 Å². The lowest BCUT2D eigenvalue weighted by molar-refractivity contribution is -0.00321. The second kappa shape index (κ2) is 20.1. The van der Waals surface area contributed by atoms with Crippen LogP contribution in [0.3, 0.4) is 0 Å². The van der Waals surface area contributed by atoms with Crippen molar-refractivity contribution in [3.63, 3.8) is 0 Å².